The van der Waals surface area contributed by atoms with Crippen LogP contribution in [0.5, 0.6) is 0 Å². The van der Waals surface area contributed by atoms with Crippen LogP contribution in [0.1, 0.15) is 39.5 Å². The van der Waals surface area contributed by atoms with E-state index in [2.05, 4.69) is 42.7 Å². The minimum absolute atomic E-state index is 0.193. The van der Waals surface area contributed by atoms with Crippen molar-refractivity contribution in [1.29, 1.82) is 0 Å². The van der Waals surface area contributed by atoms with Crippen LogP contribution in [0.2, 0.25) is 0 Å². The third-order valence-corrected chi connectivity index (χ3v) is 5.99. The van der Waals surface area contributed by atoms with Crippen LogP contribution in [0.15, 0.2) is 23.6 Å². The van der Waals surface area contributed by atoms with Crippen LogP contribution in [0.3, 0.4) is 0 Å². The molecule has 0 unspecified atom stereocenters. The monoisotopic (exact) mass is 305 g/mol. The summed E-state index contributed by atoms with van der Waals surface area (Å²) in [6.45, 7) is 4.96. The number of rotatable bonds is 5. The molecule has 0 aliphatic heterocycles. The maximum Gasteiger partial charge on any atom is 0.224 e. The molecular formula is C16H19NOS2. The molecule has 20 heavy (non-hydrogen) atoms. The van der Waals surface area contributed by atoms with Gasteiger partial charge in [0.2, 0.25) is 5.91 Å². The van der Waals surface area contributed by atoms with Crippen molar-refractivity contribution in [2.75, 3.05) is 0 Å². The van der Waals surface area contributed by atoms with Gasteiger partial charge >= 0.3 is 0 Å². The van der Waals surface area contributed by atoms with Crippen LogP contribution in [0.25, 0.3) is 0 Å². The second-order valence-corrected chi connectivity index (χ2v) is 7.66. The lowest BCUT2D eigenvalue weighted by Crippen LogP contribution is -2.24. The molecule has 1 aliphatic carbocycles. The van der Waals surface area contributed by atoms with Crippen LogP contribution < -0.4 is 5.32 Å². The van der Waals surface area contributed by atoms with E-state index in [-0.39, 0.29) is 11.8 Å². The number of thiophene rings is 2. The fraction of sp³-hybridized carbons (Fsp3) is 0.438. The van der Waals surface area contributed by atoms with Crippen molar-refractivity contribution >= 4 is 28.6 Å². The average Bonchev–Trinajstić information content (AvgIpc) is 2.91. The summed E-state index contributed by atoms with van der Waals surface area (Å²) in [5, 5.41) is 5.21. The van der Waals surface area contributed by atoms with E-state index < -0.39 is 0 Å². The molecule has 0 saturated heterocycles. The third-order valence-electron chi connectivity index (χ3n) is 3.90. The van der Waals surface area contributed by atoms with Gasteiger partial charge in [0.1, 0.15) is 0 Å². The van der Waals surface area contributed by atoms with Crippen molar-refractivity contribution < 1.29 is 4.79 Å². The van der Waals surface area contributed by atoms with Crippen LogP contribution in [0.4, 0.5) is 0 Å². The summed E-state index contributed by atoms with van der Waals surface area (Å²) in [5.74, 6) is 0.872. The zero-order valence-electron chi connectivity index (χ0n) is 11.8. The molecule has 2 aromatic heterocycles. The first-order valence-corrected chi connectivity index (χ1v) is 8.78. The van der Waals surface area contributed by atoms with Gasteiger partial charge in [-0.15, -0.1) is 22.7 Å². The number of aryl methyl sites for hydroxylation is 2. The summed E-state index contributed by atoms with van der Waals surface area (Å²) >= 11 is 3.56. The highest BCUT2D eigenvalue weighted by atomic mass is 32.1. The normalized spacial score (nSPS) is 20.9. The van der Waals surface area contributed by atoms with Gasteiger partial charge in [-0.1, -0.05) is 6.92 Å². The third kappa shape index (κ3) is 2.81. The molecule has 0 bridgehead atoms. The fourth-order valence-corrected chi connectivity index (χ4v) is 4.56. The minimum atomic E-state index is 0.193. The first-order chi connectivity index (χ1) is 9.69. The zero-order valence-corrected chi connectivity index (χ0v) is 13.4. The van der Waals surface area contributed by atoms with E-state index in [9.17, 15) is 4.79 Å². The van der Waals surface area contributed by atoms with Crippen molar-refractivity contribution in [2.24, 2.45) is 5.92 Å². The first kappa shape index (κ1) is 13.8. The summed E-state index contributed by atoms with van der Waals surface area (Å²) in [6.07, 6.45) is 2.05. The smallest absolute Gasteiger partial charge is 0.224 e. The van der Waals surface area contributed by atoms with E-state index in [1.54, 1.807) is 11.3 Å². The highest BCUT2D eigenvalue weighted by molar-refractivity contribution is 7.12. The maximum atomic E-state index is 12.2. The molecule has 0 spiro atoms. The summed E-state index contributed by atoms with van der Waals surface area (Å²) < 4.78 is 0. The van der Waals surface area contributed by atoms with Crippen LogP contribution in [-0.4, -0.2) is 5.91 Å². The Morgan fingerprint density at radius 1 is 1.40 bits per heavy atom. The average molecular weight is 305 g/mol. The molecule has 2 aromatic rings. The molecule has 2 atom stereocenters. The number of hydrogen-bond acceptors (Lipinski definition) is 3. The van der Waals surface area contributed by atoms with E-state index in [4.69, 9.17) is 0 Å². The van der Waals surface area contributed by atoms with E-state index in [0.29, 0.717) is 12.5 Å². The van der Waals surface area contributed by atoms with Gasteiger partial charge < -0.3 is 5.32 Å². The molecule has 1 fully saturated rings. The Balaban J connectivity index is 1.54. The lowest BCUT2D eigenvalue weighted by atomic mass is 10.2. The summed E-state index contributed by atoms with van der Waals surface area (Å²) in [5.41, 5.74) is 1.36. The van der Waals surface area contributed by atoms with Gasteiger partial charge in [0, 0.05) is 26.5 Å². The second-order valence-electron chi connectivity index (χ2n) is 5.34. The minimum Gasteiger partial charge on any atom is -0.351 e. The quantitative estimate of drug-likeness (QED) is 0.885. The van der Waals surface area contributed by atoms with Gasteiger partial charge in [0.15, 0.2) is 0 Å². The van der Waals surface area contributed by atoms with E-state index in [0.717, 1.165) is 12.8 Å². The number of nitrogens with one attached hydrogen (secondary N) is 1. The Bertz CT molecular complexity index is 614. The predicted octanol–water partition coefficient (Wildman–Crippen LogP) is 4.10. The number of carbonyl (C=O) groups is 1. The van der Waals surface area contributed by atoms with Gasteiger partial charge in [-0.05, 0) is 48.9 Å². The van der Waals surface area contributed by atoms with Crippen molar-refractivity contribution in [3.8, 4) is 0 Å². The van der Waals surface area contributed by atoms with Gasteiger partial charge in [-0.25, -0.2) is 0 Å². The molecule has 0 radical (unpaired) electrons. The van der Waals surface area contributed by atoms with Crippen LogP contribution >= 0.6 is 22.7 Å². The SMILES string of the molecule is CCc1ccsc1CNC(=O)[C@@H]1C[C@H]1c1ccc(C)s1. The molecule has 4 heteroatoms. The summed E-state index contributed by atoms with van der Waals surface area (Å²) in [4.78, 5) is 16.2. The van der Waals surface area contributed by atoms with Gasteiger partial charge in [0.25, 0.3) is 0 Å². The molecule has 1 N–H and O–H groups in total. The number of carbonyl (C=O) groups excluding carboxylic acids is 1. The van der Waals surface area contributed by atoms with Gasteiger partial charge in [-0.2, -0.15) is 0 Å². The lowest BCUT2D eigenvalue weighted by molar-refractivity contribution is -0.122. The summed E-state index contributed by atoms with van der Waals surface area (Å²) in [6, 6.07) is 6.47. The Labute approximate surface area is 127 Å². The zero-order chi connectivity index (χ0) is 14.1. The van der Waals surface area contributed by atoms with Crippen LogP contribution in [0, 0.1) is 12.8 Å². The molecule has 1 aliphatic rings. The van der Waals surface area contributed by atoms with Crippen molar-refractivity contribution in [3.05, 3.63) is 43.8 Å². The lowest BCUT2D eigenvalue weighted by Gasteiger charge is -2.05. The Kier molecular flexibility index (Phi) is 3.94. The van der Waals surface area contributed by atoms with Crippen molar-refractivity contribution in [3.63, 3.8) is 0 Å². The molecular weight excluding hydrogens is 286 g/mol. The van der Waals surface area contributed by atoms with E-state index >= 15 is 0 Å². The van der Waals surface area contributed by atoms with Crippen LogP contribution in [-0.2, 0) is 17.8 Å². The Morgan fingerprint density at radius 2 is 2.25 bits per heavy atom. The van der Waals surface area contributed by atoms with Crippen molar-refractivity contribution in [1.82, 2.24) is 5.32 Å². The molecule has 1 saturated carbocycles. The first-order valence-electron chi connectivity index (χ1n) is 7.08. The van der Waals surface area contributed by atoms with E-state index in [1.165, 1.54) is 20.2 Å². The molecule has 106 valence electrons. The molecule has 2 heterocycles. The highest BCUT2D eigenvalue weighted by Crippen LogP contribution is 2.49. The largest absolute Gasteiger partial charge is 0.351 e. The number of amides is 1. The molecule has 3 rings (SSSR count). The number of hydrogen-bond donors (Lipinski definition) is 1. The van der Waals surface area contributed by atoms with Gasteiger partial charge in [-0.3, -0.25) is 4.79 Å². The Morgan fingerprint density at radius 3 is 2.95 bits per heavy atom. The Hall–Kier alpha value is -1.13. The predicted molar refractivity (Wildman–Crippen MR) is 85.4 cm³/mol. The maximum absolute atomic E-state index is 12.2. The highest BCUT2D eigenvalue weighted by Gasteiger charge is 2.44. The summed E-state index contributed by atoms with van der Waals surface area (Å²) in [7, 11) is 0. The standard InChI is InChI=1S/C16H19NOS2/c1-3-11-6-7-19-15(11)9-17-16(18)13-8-12(13)14-5-4-10(2)20-14/h4-7,12-13H,3,8-9H2,1-2H3,(H,17,18)/t12-,13-/m1/s1. The van der Waals surface area contributed by atoms with Crippen molar-refractivity contribution in [2.45, 2.75) is 39.2 Å². The topological polar surface area (TPSA) is 29.1 Å². The molecule has 1 amide bonds. The molecule has 2 nitrogen and oxygen atoms in total. The van der Waals surface area contributed by atoms with Gasteiger partial charge in [0.05, 0.1) is 6.54 Å². The molecule has 0 aromatic carbocycles. The van der Waals surface area contributed by atoms with E-state index in [1.807, 2.05) is 11.3 Å². The second kappa shape index (κ2) is 5.70. The fourth-order valence-electron chi connectivity index (χ4n) is 2.59.